The molecule has 2 amide bonds. The van der Waals surface area contributed by atoms with Crippen LogP contribution in [-0.4, -0.2) is 71.1 Å². The highest BCUT2D eigenvalue weighted by molar-refractivity contribution is 6.00. The molecule has 1 saturated heterocycles. The Morgan fingerprint density at radius 1 is 0.977 bits per heavy atom. The Balaban J connectivity index is 1.30. The standard InChI is InChI=1S/C31H33F3N8O2/c1-20-17-23(8-9-27(20)44-28-24(5-4-11-36-28)25-10-12-37-29(35-2)39-25)38-30(43)40-26-18-22(31(32,33)34)7-6-21(26)19-42-15-13-41(3)14-16-42/h4-12,17-18H,13-16,19H2,1-3H3,(H,35,37,39)(H2,38,40,43). The summed E-state index contributed by atoms with van der Waals surface area (Å²) in [6, 6.07) is 13.2. The number of piperazine rings is 1. The molecular formula is C31H33F3N8O2. The highest BCUT2D eigenvalue weighted by Gasteiger charge is 2.31. The molecule has 4 aromatic rings. The number of aromatic nitrogens is 3. The van der Waals surface area contributed by atoms with Crippen LogP contribution in [0, 0.1) is 6.92 Å². The maximum absolute atomic E-state index is 13.5. The molecule has 5 rings (SSSR count). The van der Waals surface area contributed by atoms with Crippen molar-refractivity contribution in [1.29, 1.82) is 0 Å². The zero-order valence-corrected chi connectivity index (χ0v) is 24.6. The van der Waals surface area contributed by atoms with Crippen LogP contribution in [0.5, 0.6) is 11.6 Å². The van der Waals surface area contributed by atoms with E-state index in [1.165, 1.54) is 6.07 Å². The maximum atomic E-state index is 13.5. The number of urea groups is 1. The number of rotatable bonds is 8. The van der Waals surface area contributed by atoms with E-state index in [9.17, 15) is 18.0 Å². The Morgan fingerprint density at radius 3 is 2.50 bits per heavy atom. The number of nitrogens with zero attached hydrogens (tertiary/aromatic N) is 5. The molecule has 1 aliphatic heterocycles. The number of halogens is 3. The van der Waals surface area contributed by atoms with E-state index in [0.717, 1.165) is 38.3 Å². The molecule has 44 heavy (non-hydrogen) atoms. The average molecular weight is 607 g/mol. The lowest BCUT2D eigenvalue weighted by molar-refractivity contribution is -0.137. The Bertz CT molecular complexity index is 1620. The number of nitrogens with one attached hydrogen (secondary N) is 3. The van der Waals surface area contributed by atoms with Crippen molar-refractivity contribution in [2.45, 2.75) is 19.6 Å². The Hall–Kier alpha value is -4.75. The minimum Gasteiger partial charge on any atom is -0.438 e. The van der Waals surface area contributed by atoms with Crippen molar-refractivity contribution in [3.05, 3.63) is 83.7 Å². The number of aryl methyl sites for hydroxylation is 1. The second-order valence-electron chi connectivity index (χ2n) is 10.5. The Kier molecular flexibility index (Phi) is 9.26. The van der Waals surface area contributed by atoms with Gasteiger partial charge in [0.2, 0.25) is 11.8 Å². The fourth-order valence-corrected chi connectivity index (χ4v) is 4.78. The van der Waals surface area contributed by atoms with Crippen molar-refractivity contribution in [2.75, 3.05) is 56.2 Å². The summed E-state index contributed by atoms with van der Waals surface area (Å²) in [5, 5.41) is 8.26. The van der Waals surface area contributed by atoms with Crippen molar-refractivity contribution in [3.63, 3.8) is 0 Å². The molecule has 3 N–H and O–H groups in total. The van der Waals surface area contributed by atoms with Gasteiger partial charge in [-0.15, -0.1) is 0 Å². The summed E-state index contributed by atoms with van der Waals surface area (Å²) >= 11 is 0. The number of carbonyl (C=O) groups excluding carboxylic acids is 1. The van der Waals surface area contributed by atoms with Crippen molar-refractivity contribution in [2.24, 2.45) is 0 Å². The predicted molar refractivity (Wildman–Crippen MR) is 163 cm³/mol. The number of ether oxygens (including phenoxy) is 1. The molecule has 1 fully saturated rings. The number of pyridine rings is 1. The largest absolute Gasteiger partial charge is 0.438 e. The van der Waals surface area contributed by atoms with E-state index >= 15 is 0 Å². The van der Waals surface area contributed by atoms with Crippen LogP contribution < -0.4 is 20.7 Å². The van der Waals surface area contributed by atoms with Gasteiger partial charge in [-0.3, -0.25) is 4.90 Å². The SMILES string of the molecule is CNc1nccc(-c2cccnc2Oc2ccc(NC(=O)Nc3cc(C(F)(F)F)ccc3CN3CCN(C)CC3)cc2C)n1. The maximum Gasteiger partial charge on any atom is 0.416 e. The van der Waals surface area contributed by atoms with Crippen LogP contribution in [-0.2, 0) is 12.7 Å². The monoisotopic (exact) mass is 606 g/mol. The first-order valence-electron chi connectivity index (χ1n) is 14.0. The number of likely N-dealkylation sites (N-methyl/N-ethyl adjacent to an activating group) is 1. The second-order valence-corrected chi connectivity index (χ2v) is 10.5. The van der Waals surface area contributed by atoms with E-state index in [0.29, 0.717) is 52.2 Å². The second kappa shape index (κ2) is 13.3. The molecule has 0 radical (unpaired) electrons. The van der Waals surface area contributed by atoms with Gasteiger partial charge in [-0.2, -0.15) is 13.2 Å². The van der Waals surface area contributed by atoms with Crippen molar-refractivity contribution >= 4 is 23.4 Å². The van der Waals surface area contributed by atoms with Crippen LogP contribution in [0.1, 0.15) is 16.7 Å². The van der Waals surface area contributed by atoms with E-state index in [2.05, 4.69) is 40.7 Å². The van der Waals surface area contributed by atoms with E-state index in [1.807, 2.05) is 20.0 Å². The molecule has 0 saturated carbocycles. The average Bonchev–Trinajstić information content (AvgIpc) is 3.00. The first-order chi connectivity index (χ1) is 21.1. The first-order valence-corrected chi connectivity index (χ1v) is 14.0. The summed E-state index contributed by atoms with van der Waals surface area (Å²) in [7, 11) is 3.76. The van der Waals surface area contributed by atoms with Gasteiger partial charge < -0.3 is 25.6 Å². The molecule has 2 aromatic heterocycles. The quantitative estimate of drug-likeness (QED) is 0.221. The number of hydrogen-bond acceptors (Lipinski definition) is 8. The third-order valence-electron chi connectivity index (χ3n) is 7.24. The molecule has 13 heteroatoms. The topological polar surface area (TPSA) is 108 Å². The molecular weight excluding hydrogens is 573 g/mol. The summed E-state index contributed by atoms with van der Waals surface area (Å²) in [4.78, 5) is 30.3. The minimum absolute atomic E-state index is 0.113. The van der Waals surface area contributed by atoms with Gasteiger partial charge in [0, 0.05) is 63.5 Å². The number of alkyl halides is 3. The molecule has 0 aliphatic carbocycles. The summed E-state index contributed by atoms with van der Waals surface area (Å²) in [6.07, 6.45) is -1.29. The van der Waals surface area contributed by atoms with Gasteiger partial charge in [-0.25, -0.2) is 19.7 Å². The van der Waals surface area contributed by atoms with Gasteiger partial charge in [-0.05, 0) is 73.6 Å². The summed E-state index contributed by atoms with van der Waals surface area (Å²) in [6.45, 7) is 5.53. The number of hydrogen-bond donors (Lipinski definition) is 3. The van der Waals surface area contributed by atoms with Crippen LogP contribution in [0.4, 0.5) is 35.3 Å². The normalized spacial score (nSPS) is 14.2. The van der Waals surface area contributed by atoms with Crippen LogP contribution in [0.2, 0.25) is 0 Å². The summed E-state index contributed by atoms with van der Waals surface area (Å²) in [5.41, 5.74) is 2.33. The lowest BCUT2D eigenvalue weighted by atomic mass is 10.1. The number of carbonyl (C=O) groups is 1. The van der Waals surface area contributed by atoms with Gasteiger partial charge in [0.15, 0.2) is 0 Å². The lowest BCUT2D eigenvalue weighted by Gasteiger charge is -2.32. The number of anilines is 3. The van der Waals surface area contributed by atoms with Crippen LogP contribution in [0.3, 0.4) is 0 Å². The number of benzene rings is 2. The molecule has 0 spiro atoms. The lowest BCUT2D eigenvalue weighted by Crippen LogP contribution is -2.44. The van der Waals surface area contributed by atoms with E-state index in [1.54, 1.807) is 49.8 Å². The van der Waals surface area contributed by atoms with E-state index < -0.39 is 17.8 Å². The zero-order valence-electron chi connectivity index (χ0n) is 24.6. The van der Waals surface area contributed by atoms with Crippen LogP contribution in [0.15, 0.2) is 67.0 Å². The number of amides is 2. The first kappa shape index (κ1) is 30.7. The molecule has 0 unspecified atom stereocenters. The molecule has 10 nitrogen and oxygen atoms in total. The van der Waals surface area contributed by atoms with Crippen molar-refractivity contribution in [1.82, 2.24) is 24.8 Å². The van der Waals surface area contributed by atoms with Gasteiger partial charge in [0.25, 0.3) is 0 Å². The summed E-state index contributed by atoms with van der Waals surface area (Å²) in [5.74, 6) is 1.30. The molecule has 1 aliphatic rings. The van der Waals surface area contributed by atoms with E-state index in [-0.39, 0.29) is 5.69 Å². The van der Waals surface area contributed by atoms with Crippen molar-refractivity contribution in [3.8, 4) is 22.9 Å². The highest BCUT2D eigenvalue weighted by atomic mass is 19.4. The third kappa shape index (κ3) is 7.60. The molecule has 230 valence electrons. The third-order valence-corrected chi connectivity index (χ3v) is 7.24. The fraction of sp³-hybridized carbons (Fsp3) is 0.290. The minimum atomic E-state index is -4.54. The molecule has 0 atom stereocenters. The van der Waals surface area contributed by atoms with Crippen LogP contribution in [0.25, 0.3) is 11.3 Å². The Morgan fingerprint density at radius 2 is 1.77 bits per heavy atom. The smallest absolute Gasteiger partial charge is 0.416 e. The predicted octanol–water partition coefficient (Wildman–Crippen LogP) is 6.09. The zero-order chi connectivity index (χ0) is 31.3. The molecule has 2 aromatic carbocycles. The Labute approximate surface area is 253 Å². The molecule has 0 bridgehead atoms. The van der Waals surface area contributed by atoms with Gasteiger partial charge in [0.05, 0.1) is 16.8 Å². The van der Waals surface area contributed by atoms with Gasteiger partial charge >= 0.3 is 12.2 Å². The fourth-order valence-electron chi connectivity index (χ4n) is 4.78. The van der Waals surface area contributed by atoms with Crippen LogP contribution >= 0.6 is 0 Å². The van der Waals surface area contributed by atoms with Gasteiger partial charge in [0.1, 0.15) is 5.75 Å². The van der Waals surface area contributed by atoms with Crippen molar-refractivity contribution < 1.29 is 22.7 Å². The van der Waals surface area contributed by atoms with E-state index in [4.69, 9.17) is 4.74 Å². The summed E-state index contributed by atoms with van der Waals surface area (Å²) < 4.78 is 46.7. The van der Waals surface area contributed by atoms with Gasteiger partial charge in [-0.1, -0.05) is 6.07 Å². The molecule has 3 heterocycles. The highest BCUT2D eigenvalue weighted by Crippen LogP contribution is 2.34.